The van der Waals surface area contributed by atoms with Crippen LogP contribution in [0.1, 0.15) is 88.3 Å². The van der Waals surface area contributed by atoms with E-state index in [4.69, 9.17) is 0 Å². The van der Waals surface area contributed by atoms with E-state index in [0.717, 1.165) is 30.4 Å². The lowest BCUT2D eigenvalue weighted by atomic mass is 9.99. The summed E-state index contributed by atoms with van der Waals surface area (Å²) in [7, 11) is 0. The molecule has 0 aliphatic carbocycles. The Bertz CT molecular complexity index is 570. The smallest absolute Gasteiger partial charge is 0.389 e. The van der Waals surface area contributed by atoms with E-state index in [2.05, 4.69) is 12.1 Å². The van der Waals surface area contributed by atoms with Crippen LogP contribution in [-0.4, -0.2) is 17.4 Å². The normalized spacial score (nSPS) is 14.3. The SMILES string of the molecule is CCCCCCCCC(N=O)c1ccc(/C=C\C(O)CCCC(F)(F)F)cc1. The highest BCUT2D eigenvalue weighted by Gasteiger charge is 2.26. The number of hydrogen-bond donors (Lipinski definition) is 1. The van der Waals surface area contributed by atoms with Crippen LogP contribution in [0.5, 0.6) is 0 Å². The fourth-order valence-corrected chi connectivity index (χ4v) is 3.06. The lowest BCUT2D eigenvalue weighted by Gasteiger charge is -2.10. The number of aliphatic hydroxyl groups excluding tert-OH is 1. The maximum absolute atomic E-state index is 12.1. The van der Waals surface area contributed by atoms with Gasteiger partial charge in [-0.25, -0.2) is 0 Å². The average Bonchev–Trinajstić information content (AvgIpc) is 2.65. The van der Waals surface area contributed by atoms with Crippen molar-refractivity contribution in [2.45, 2.75) is 89.5 Å². The first-order valence-corrected chi connectivity index (χ1v) is 10.2. The van der Waals surface area contributed by atoms with Gasteiger partial charge in [-0.3, -0.25) is 0 Å². The van der Waals surface area contributed by atoms with Crippen LogP contribution in [0, 0.1) is 4.91 Å². The van der Waals surface area contributed by atoms with Gasteiger partial charge < -0.3 is 5.11 Å². The van der Waals surface area contributed by atoms with E-state index < -0.39 is 18.7 Å². The van der Waals surface area contributed by atoms with Gasteiger partial charge in [-0.1, -0.05) is 87.0 Å². The van der Waals surface area contributed by atoms with Crippen molar-refractivity contribution in [2.24, 2.45) is 5.18 Å². The summed E-state index contributed by atoms with van der Waals surface area (Å²) >= 11 is 0. The Hall–Kier alpha value is -1.69. The van der Waals surface area contributed by atoms with Gasteiger partial charge in [0.2, 0.25) is 0 Å². The zero-order chi connectivity index (χ0) is 20.8. The lowest BCUT2D eigenvalue weighted by Crippen LogP contribution is -2.09. The molecule has 0 saturated carbocycles. The van der Waals surface area contributed by atoms with Crippen LogP contribution < -0.4 is 0 Å². The molecule has 0 fully saturated rings. The molecule has 0 radical (unpaired) electrons. The highest BCUT2D eigenvalue weighted by Crippen LogP contribution is 2.25. The Morgan fingerprint density at radius 1 is 1.00 bits per heavy atom. The minimum absolute atomic E-state index is 0.0729. The summed E-state index contributed by atoms with van der Waals surface area (Å²) in [6.07, 6.45) is 4.90. The lowest BCUT2D eigenvalue weighted by molar-refractivity contribution is -0.136. The maximum Gasteiger partial charge on any atom is 0.389 e. The monoisotopic (exact) mass is 399 g/mol. The van der Waals surface area contributed by atoms with Gasteiger partial charge in [0, 0.05) is 6.42 Å². The minimum Gasteiger partial charge on any atom is -0.389 e. The summed E-state index contributed by atoms with van der Waals surface area (Å²) in [6.45, 7) is 2.18. The molecule has 1 N–H and O–H groups in total. The number of halogens is 3. The van der Waals surface area contributed by atoms with E-state index in [1.807, 2.05) is 24.3 Å². The first-order valence-electron chi connectivity index (χ1n) is 10.2. The molecule has 0 saturated heterocycles. The Kier molecular flexibility index (Phi) is 11.7. The molecular formula is C22H32F3NO2. The number of aliphatic hydroxyl groups is 1. The van der Waals surface area contributed by atoms with Crippen LogP contribution in [0.2, 0.25) is 0 Å². The highest BCUT2D eigenvalue weighted by atomic mass is 19.4. The molecule has 1 aromatic carbocycles. The number of alkyl halides is 3. The van der Waals surface area contributed by atoms with Crippen molar-refractivity contribution in [3.05, 3.63) is 46.4 Å². The molecule has 1 aromatic rings. The van der Waals surface area contributed by atoms with E-state index in [1.54, 1.807) is 6.08 Å². The van der Waals surface area contributed by atoms with Gasteiger partial charge >= 0.3 is 6.18 Å². The van der Waals surface area contributed by atoms with Gasteiger partial charge in [0.15, 0.2) is 0 Å². The molecule has 0 aromatic heterocycles. The van der Waals surface area contributed by atoms with E-state index in [9.17, 15) is 23.2 Å². The van der Waals surface area contributed by atoms with Gasteiger partial charge in [-0.15, -0.1) is 0 Å². The Labute approximate surface area is 166 Å². The summed E-state index contributed by atoms with van der Waals surface area (Å²) in [5.74, 6) is 0. The Balaban J connectivity index is 2.42. The van der Waals surface area contributed by atoms with Crippen molar-refractivity contribution in [1.82, 2.24) is 0 Å². The second-order valence-electron chi connectivity index (χ2n) is 7.28. The number of hydrogen-bond acceptors (Lipinski definition) is 3. The van der Waals surface area contributed by atoms with Gasteiger partial charge in [-0.2, -0.15) is 18.1 Å². The van der Waals surface area contributed by atoms with Crippen LogP contribution in [0.15, 0.2) is 35.5 Å². The second kappa shape index (κ2) is 13.5. The second-order valence-corrected chi connectivity index (χ2v) is 7.28. The van der Waals surface area contributed by atoms with E-state index >= 15 is 0 Å². The zero-order valence-electron chi connectivity index (χ0n) is 16.6. The maximum atomic E-state index is 12.1. The third-order valence-corrected chi connectivity index (χ3v) is 4.75. The van der Waals surface area contributed by atoms with Crippen LogP contribution in [-0.2, 0) is 0 Å². The number of nitroso groups, excluding NO2 is 1. The highest BCUT2D eigenvalue weighted by molar-refractivity contribution is 5.50. The molecule has 0 aliphatic rings. The first-order chi connectivity index (χ1) is 13.4. The van der Waals surface area contributed by atoms with E-state index in [-0.39, 0.29) is 18.9 Å². The van der Waals surface area contributed by atoms with Crippen molar-refractivity contribution in [2.75, 3.05) is 0 Å². The van der Waals surface area contributed by atoms with Crippen molar-refractivity contribution in [3.63, 3.8) is 0 Å². The molecular weight excluding hydrogens is 367 g/mol. The van der Waals surface area contributed by atoms with E-state index in [1.165, 1.54) is 31.8 Å². The molecule has 1 rings (SSSR count). The van der Waals surface area contributed by atoms with Gasteiger partial charge in [0.25, 0.3) is 0 Å². The van der Waals surface area contributed by atoms with Gasteiger partial charge in [0.1, 0.15) is 6.04 Å². The summed E-state index contributed by atoms with van der Waals surface area (Å²) in [5, 5.41) is 13.0. The largest absolute Gasteiger partial charge is 0.389 e. The third-order valence-electron chi connectivity index (χ3n) is 4.75. The number of unbranched alkanes of at least 4 members (excludes halogenated alkanes) is 5. The third kappa shape index (κ3) is 11.2. The standard InChI is InChI=1S/C22H32F3NO2/c1-2-3-4-5-6-7-10-21(26-28)19-14-11-18(12-15-19)13-16-20(27)9-8-17-22(23,24)25/h11-16,20-21,27H,2-10,17H2,1H3/b16-13-. The van der Waals surface area contributed by atoms with Crippen LogP contribution in [0.3, 0.4) is 0 Å². The van der Waals surface area contributed by atoms with Crippen LogP contribution in [0.25, 0.3) is 6.08 Å². The van der Waals surface area contributed by atoms with Gasteiger partial charge in [-0.05, 0) is 30.4 Å². The fourth-order valence-electron chi connectivity index (χ4n) is 3.06. The van der Waals surface area contributed by atoms with E-state index in [0.29, 0.717) is 0 Å². The molecule has 2 atom stereocenters. The molecule has 2 unspecified atom stereocenters. The van der Waals surface area contributed by atoms with Gasteiger partial charge in [0.05, 0.1) is 6.10 Å². The Morgan fingerprint density at radius 3 is 2.25 bits per heavy atom. The van der Waals surface area contributed by atoms with Crippen molar-refractivity contribution in [1.29, 1.82) is 0 Å². The molecule has 28 heavy (non-hydrogen) atoms. The molecule has 6 heteroatoms. The van der Waals surface area contributed by atoms with Crippen molar-refractivity contribution >= 4 is 6.08 Å². The summed E-state index contributed by atoms with van der Waals surface area (Å²) in [5.41, 5.74) is 1.69. The van der Waals surface area contributed by atoms with Crippen LogP contribution >= 0.6 is 0 Å². The topological polar surface area (TPSA) is 49.7 Å². The van der Waals surface area contributed by atoms with Crippen molar-refractivity contribution in [3.8, 4) is 0 Å². The molecule has 0 bridgehead atoms. The molecule has 0 spiro atoms. The first kappa shape index (κ1) is 24.3. The predicted molar refractivity (Wildman–Crippen MR) is 108 cm³/mol. The number of nitrogens with zero attached hydrogens (tertiary/aromatic N) is 1. The zero-order valence-corrected chi connectivity index (χ0v) is 16.6. The quantitative estimate of drug-likeness (QED) is 0.262. The summed E-state index contributed by atoms with van der Waals surface area (Å²) in [6, 6.07) is 7.00. The molecule has 0 heterocycles. The molecule has 158 valence electrons. The minimum atomic E-state index is -4.18. The molecule has 0 aliphatic heterocycles. The number of rotatable bonds is 14. The summed E-state index contributed by atoms with van der Waals surface area (Å²) < 4.78 is 36.3. The molecule has 0 amide bonds. The van der Waals surface area contributed by atoms with Crippen LogP contribution in [0.4, 0.5) is 13.2 Å². The number of benzene rings is 1. The average molecular weight is 399 g/mol. The summed E-state index contributed by atoms with van der Waals surface area (Å²) in [4.78, 5) is 11.2. The fraction of sp³-hybridized carbons (Fsp3) is 0.636. The van der Waals surface area contributed by atoms with Crippen molar-refractivity contribution < 1.29 is 18.3 Å². The Morgan fingerprint density at radius 2 is 1.64 bits per heavy atom. The molecule has 3 nitrogen and oxygen atoms in total. The predicted octanol–water partition coefficient (Wildman–Crippen LogP) is 7.35.